The van der Waals surface area contributed by atoms with Crippen molar-refractivity contribution >= 4 is 55.5 Å². The molecule has 2 aromatic carbocycles. The molecule has 36 heavy (non-hydrogen) atoms. The SMILES string of the molecule is CCOC(=O)c1c(N/C(=N/S(=O)(=O)c2cc([N+](=O)[O-])ccc2Cl)c2ccccc2)sc2c1CCCC2. The van der Waals surface area contributed by atoms with E-state index in [-0.39, 0.29) is 17.5 Å². The van der Waals surface area contributed by atoms with Crippen LogP contribution in [0.15, 0.2) is 57.8 Å². The number of halogens is 1. The van der Waals surface area contributed by atoms with Crippen LogP contribution >= 0.6 is 22.9 Å². The summed E-state index contributed by atoms with van der Waals surface area (Å²) >= 11 is 7.46. The van der Waals surface area contributed by atoms with Gasteiger partial charge in [0.15, 0.2) is 5.84 Å². The fraction of sp³-hybridized carbons (Fsp3) is 0.250. The van der Waals surface area contributed by atoms with Gasteiger partial charge in [-0.2, -0.15) is 8.42 Å². The third kappa shape index (κ3) is 5.43. The molecule has 4 rings (SSSR count). The number of anilines is 1. The number of nitro groups is 1. The van der Waals surface area contributed by atoms with E-state index in [2.05, 4.69) is 9.71 Å². The molecule has 0 atom stereocenters. The van der Waals surface area contributed by atoms with E-state index in [1.54, 1.807) is 37.3 Å². The first-order chi connectivity index (χ1) is 17.2. The highest BCUT2D eigenvalue weighted by Crippen LogP contribution is 2.39. The zero-order valence-electron chi connectivity index (χ0n) is 19.2. The second-order valence-electron chi connectivity index (χ2n) is 7.91. The summed E-state index contributed by atoms with van der Waals surface area (Å²) in [4.78, 5) is 23.9. The molecule has 1 aliphatic carbocycles. The standard InChI is InChI=1S/C24H22ClN3O6S2/c1-2-34-24(29)21-17-10-6-7-11-19(17)35-23(21)26-22(15-8-4-3-5-9-15)27-36(32,33)20-14-16(28(30)31)12-13-18(20)25/h3-5,8-9,12-14H,2,6-7,10-11H2,1H3,(H,26,27). The Balaban J connectivity index is 1.85. The molecule has 1 N–H and O–H groups in total. The minimum Gasteiger partial charge on any atom is -0.462 e. The molecule has 0 aliphatic heterocycles. The van der Waals surface area contributed by atoms with E-state index in [0.29, 0.717) is 16.1 Å². The number of non-ortho nitro benzene ring substituents is 1. The second-order valence-corrected chi connectivity index (χ2v) is 11.0. The number of nitro benzene ring substituents is 1. The number of hydrogen-bond acceptors (Lipinski definition) is 7. The van der Waals surface area contributed by atoms with Gasteiger partial charge in [-0.05, 0) is 44.2 Å². The van der Waals surface area contributed by atoms with Crippen molar-refractivity contribution in [3.8, 4) is 0 Å². The van der Waals surface area contributed by atoms with Crippen molar-refractivity contribution in [3.05, 3.63) is 85.2 Å². The van der Waals surface area contributed by atoms with Gasteiger partial charge in [0.25, 0.3) is 15.7 Å². The molecule has 0 fully saturated rings. The van der Waals surface area contributed by atoms with Crippen LogP contribution in [0.25, 0.3) is 0 Å². The molecule has 1 aliphatic rings. The zero-order chi connectivity index (χ0) is 25.9. The van der Waals surface area contributed by atoms with Crippen molar-refractivity contribution in [2.45, 2.75) is 37.5 Å². The minimum atomic E-state index is -4.48. The van der Waals surface area contributed by atoms with E-state index in [4.69, 9.17) is 16.3 Å². The lowest BCUT2D eigenvalue weighted by molar-refractivity contribution is -0.385. The second kappa shape index (κ2) is 10.8. The number of nitrogens with one attached hydrogen (secondary N) is 1. The monoisotopic (exact) mass is 547 g/mol. The Bertz CT molecular complexity index is 1450. The van der Waals surface area contributed by atoms with Gasteiger partial charge in [-0.15, -0.1) is 15.7 Å². The molecule has 0 amide bonds. The van der Waals surface area contributed by atoms with Gasteiger partial charge in [0.2, 0.25) is 0 Å². The summed E-state index contributed by atoms with van der Waals surface area (Å²) in [5.41, 5.74) is 1.29. The molecule has 12 heteroatoms. The molecule has 0 spiro atoms. The number of sulfonamides is 1. The van der Waals surface area contributed by atoms with Crippen LogP contribution in [0.5, 0.6) is 0 Å². The number of thiophene rings is 1. The van der Waals surface area contributed by atoms with E-state index in [0.717, 1.165) is 54.3 Å². The lowest BCUT2D eigenvalue weighted by Crippen LogP contribution is -2.18. The Labute approximate surface area is 217 Å². The normalized spacial score (nSPS) is 13.7. The average Bonchev–Trinajstić information content (AvgIpc) is 3.22. The Morgan fingerprint density at radius 3 is 2.61 bits per heavy atom. The molecular weight excluding hydrogens is 526 g/mol. The van der Waals surface area contributed by atoms with Crippen molar-refractivity contribution in [3.63, 3.8) is 0 Å². The molecule has 0 unspecified atom stereocenters. The first-order valence-electron chi connectivity index (χ1n) is 11.1. The maximum atomic E-state index is 13.3. The molecule has 9 nitrogen and oxygen atoms in total. The largest absolute Gasteiger partial charge is 0.462 e. The number of benzene rings is 2. The number of aryl methyl sites for hydroxylation is 1. The zero-order valence-corrected chi connectivity index (χ0v) is 21.6. The van der Waals surface area contributed by atoms with Gasteiger partial charge < -0.3 is 10.1 Å². The lowest BCUT2D eigenvalue weighted by atomic mass is 9.95. The van der Waals surface area contributed by atoms with Gasteiger partial charge in [0, 0.05) is 22.6 Å². The molecule has 0 radical (unpaired) electrons. The van der Waals surface area contributed by atoms with Crippen molar-refractivity contribution in [2.24, 2.45) is 4.40 Å². The fourth-order valence-corrected chi connectivity index (χ4v) is 6.66. The van der Waals surface area contributed by atoms with E-state index in [1.165, 1.54) is 11.3 Å². The molecule has 0 saturated carbocycles. The molecule has 0 saturated heterocycles. The number of rotatable bonds is 7. The molecule has 3 aromatic rings. The molecule has 188 valence electrons. The Kier molecular flexibility index (Phi) is 7.72. The highest BCUT2D eigenvalue weighted by atomic mass is 35.5. The van der Waals surface area contributed by atoms with Crippen LogP contribution in [0.3, 0.4) is 0 Å². The van der Waals surface area contributed by atoms with Gasteiger partial charge >= 0.3 is 5.97 Å². The van der Waals surface area contributed by atoms with Crippen LogP contribution in [-0.2, 0) is 27.6 Å². The molecular formula is C24H22ClN3O6S2. The fourth-order valence-electron chi connectivity index (χ4n) is 3.90. The molecule has 1 heterocycles. The molecule has 0 bridgehead atoms. The van der Waals surface area contributed by atoms with Crippen molar-refractivity contribution in [2.75, 3.05) is 11.9 Å². The van der Waals surface area contributed by atoms with E-state index < -0.39 is 31.5 Å². The quantitative estimate of drug-likeness (QED) is 0.134. The summed E-state index contributed by atoms with van der Waals surface area (Å²) in [5.74, 6) is -0.543. The summed E-state index contributed by atoms with van der Waals surface area (Å²) in [7, 11) is -4.48. The average molecular weight is 548 g/mol. The highest BCUT2D eigenvalue weighted by Gasteiger charge is 2.28. The first-order valence-corrected chi connectivity index (χ1v) is 13.8. The van der Waals surface area contributed by atoms with Crippen LogP contribution in [0, 0.1) is 10.1 Å². The van der Waals surface area contributed by atoms with Crippen LogP contribution < -0.4 is 5.32 Å². The predicted molar refractivity (Wildman–Crippen MR) is 139 cm³/mol. The number of nitrogens with zero attached hydrogens (tertiary/aromatic N) is 2. The van der Waals surface area contributed by atoms with Gasteiger partial charge in [0.05, 0.1) is 22.1 Å². The maximum absolute atomic E-state index is 13.3. The number of carbonyl (C=O) groups excluding carboxylic acids is 1. The summed E-state index contributed by atoms with van der Waals surface area (Å²) in [5, 5.41) is 14.5. The van der Waals surface area contributed by atoms with Crippen molar-refractivity contribution in [1.82, 2.24) is 0 Å². The third-order valence-electron chi connectivity index (χ3n) is 5.54. The van der Waals surface area contributed by atoms with E-state index >= 15 is 0 Å². The van der Waals surface area contributed by atoms with Gasteiger partial charge in [-0.3, -0.25) is 10.1 Å². The summed E-state index contributed by atoms with van der Waals surface area (Å²) < 4.78 is 35.9. The van der Waals surface area contributed by atoms with Crippen molar-refractivity contribution < 1.29 is 22.9 Å². The summed E-state index contributed by atoms with van der Waals surface area (Å²) in [6.45, 7) is 1.91. The number of ether oxygens (including phenoxy) is 1. The van der Waals surface area contributed by atoms with Gasteiger partial charge in [0.1, 0.15) is 9.90 Å². The number of fused-ring (bicyclic) bond motifs is 1. The predicted octanol–water partition coefficient (Wildman–Crippen LogP) is 5.61. The number of hydrogen-bond donors (Lipinski definition) is 1. The maximum Gasteiger partial charge on any atom is 0.341 e. The topological polar surface area (TPSA) is 128 Å². The number of amidine groups is 1. The van der Waals surface area contributed by atoms with Gasteiger partial charge in [-0.1, -0.05) is 41.9 Å². The molecule has 1 aromatic heterocycles. The highest BCUT2D eigenvalue weighted by molar-refractivity contribution is 7.90. The first kappa shape index (κ1) is 25.8. The summed E-state index contributed by atoms with van der Waals surface area (Å²) in [6.07, 6.45) is 3.47. The smallest absolute Gasteiger partial charge is 0.341 e. The third-order valence-corrected chi connectivity index (χ3v) is 8.51. The van der Waals surface area contributed by atoms with Crippen LogP contribution in [0.2, 0.25) is 5.02 Å². The van der Waals surface area contributed by atoms with Crippen LogP contribution in [0.4, 0.5) is 10.7 Å². The van der Waals surface area contributed by atoms with Gasteiger partial charge in [-0.25, -0.2) is 4.79 Å². The number of carbonyl (C=O) groups is 1. The van der Waals surface area contributed by atoms with Crippen LogP contribution in [0.1, 0.15) is 46.1 Å². The Hall–Kier alpha value is -3.28. The van der Waals surface area contributed by atoms with Crippen molar-refractivity contribution in [1.29, 1.82) is 0 Å². The Morgan fingerprint density at radius 1 is 1.19 bits per heavy atom. The van der Waals surface area contributed by atoms with Crippen LogP contribution in [-0.4, -0.2) is 31.8 Å². The van der Waals surface area contributed by atoms with E-state index in [9.17, 15) is 23.3 Å². The van der Waals surface area contributed by atoms with E-state index in [1.807, 2.05) is 0 Å². The number of esters is 1. The minimum absolute atomic E-state index is 0.0534. The Morgan fingerprint density at radius 2 is 1.92 bits per heavy atom. The summed E-state index contributed by atoms with van der Waals surface area (Å²) in [6, 6.07) is 11.6. The lowest BCUT2D eigenvalue weighted by Gasteiger charge is -2.13.